The van der Waals surface area contributed by atoms with Crippen LogP contribution in [0.1, 0.15) is 13.8 Å². The van der Waals surface area contributed by atoms with Gasteiger partial charge in [0.25, 0.3) is 0 Å². The van der Waals surface area contributed by atoms with Crippen molar-refractivity contribution in [2.75, 3.05) is 37.6 Å². The van der Waals surface area contributed by atoms with Crippen LogP contribution >= 0.6 is 22.9 Å². The smallest absolute Gasteiger partial charge is 0.186 e. The molecule has 0 radical (unpaired) electrons. The molecule has 2 rings (SSSR count). The van der Waals surface area contributed by atoms with E-state index in [0.717, 1.165) is 37.9 Å². The molecule has 17 heavy (non-hydrogen) atoms. The Kier molecular flexibility index (Phi) is 3.92. The van der Waals surface area contributed by atoms with Crippen LogP contribution in [-0.2, 0) is 0 Å². The van der Waals surface area contributed by atoms with Crippen molar-refractivity contribution >= 4 is 28.1 Å². The van der Waals surface area contributed by atoms with Gasteiger partial charge < -0.3 is 10.0 Å². The van der Waals surface area contributed by atoms with Gasteiger partial charge in [0.1, 0.15) is 5.15 Å². The molecule has 4 nitrogen and oxygen atoms in total. The van der Waals surface area contributed by atoms with Gasteiger partial charge in [-0.15, -0.1) is 11.3 Å². The second-order valence-corrected chi connectivity index (χ2v) is 6.25. The molecule has 0 amide bonds. The lowest BCUT2D eigenvalue weighted by atomic mass is 10.1. The summed E-state index contributed by atoms with van der Waals surface area (Å²) in [5.74, 6) is 0. The number of piperazine rings is 1. The number of aliphatic hydroxyl groups is 1. The molecule has 1 N–H and O–H groups in total. The molecule has 1 aromatic rings. The second kappa shape index (κ2) is 5.10. The van der Waals surface area contributed by atoms with Crippen LogP contribution in [0, 0.1) is 0 Å². The Morgan fingerprint density at radius 1 is 1.41 bits per heavy atom. The molecule has 0 aliphatic carbocycles. The molecule has 0 atom stereocenters. The van der Waals surface area contributed by atoms with E-state index in [-0.39, 0.29) is 0 Å². The van der Waals surface area contributed by atoms with E-state index in [9.17, 15) is 5.11 Å². The highest BCUT2D eigenvalue weighted by atomic mass is 35.5. The summed E-state index contributed by atoms with van der Waals surface area (Å²) < 4.78 is 0. The Morgan fingerprint density at radius 3 is 2.53 bits per heavy atom. The van der Waals surface area contributed by atoms with Crippen molar-refractivity contribution in [2.45, 2.75) is 19.4 Å². The topological polar surface area (TPSA) is 39.6 Å². The maximum absolute atomic E-state index is 9.77. The Balaban J connectivity index is 1.86. The van der Waals surface area contributed by atoms with Gasteiger partial charge in [-0.1, -0.05) is 11.6 Å². The van der Waals surface area contributed by atoms with Crippen LogP contribution in [-0.4, -0.2) is 53.3 Å². The first-order valence-electron chi connectivity index (χ1n) is 5.75. The highest BCUT2D eigenvalue weighted by Crippen LogP contribution is 2.24. The van der Waals surface area contributed by atoms with Crippen molar-refractivity contribution in [2.24, 2.45) is 0 Å². The number of hydrogen-bond acceptors (Lipinski definition) is 5. The lowest BCUT2D eigenvalue weighted by Crippen LogP contribution is -2.50. The third kappa shape index (κ3) is 3.81. The fourth-order valence-corrected chi connectivity index (χ4v) is 3.04. The minimum Gasteiger partial charge on any atom is -0.389 e. The van der Waals surface area contributed by atoms with Gasteiger partial charge in [0.2, 0.25) is 0 Å². The van der Waals surface area contributed by atoms with Crippen LogP contribution < -0.4 is 4.90 Å². The predicted molar refractivity (Wildman–Crippen MR) is 72.1 cm³/mol. The molecule has 1 aliphatic heterocycles. The average Bonchev–Trinajstić information content (AvgIpc) is 2.63. The molecule has 0 aromatic carbocycles. The number of β-amino-alcohol motifs (C(OH)–C–C–N with tert-alkyl or cyclic N) is 1. The summed E-state index contributed by atoms with van der Waals surface area (Å²) in [6.07, 6.45) is 0. The first-order chi connectivity index (χ1) is 7.94. The summed E-state index contributed by atoms with van der Waals surface area (Å²) in [6.45, 7) is 8.22. The summed E-state index contributed by atoms with van der Waals surface area (Å²) in [7, 11) is 0. The van der Waals surface area contributed by atoms with Gasteiger partial charge in [0.05, 0.1) is 5.60 Å². The molecule has 1 aliphatic rings. The molecule has 1 saturated heterocycles. The maximum Gasteiger partial charge on any atom is 0.186 e. The maximum atomic E-state index is 9.77. The molecule has 0 saturated carbocycles. The summed E-state index contributed by atoms with van der Waals surface area (Å²) >= 11 is 7.41. The molecule has 2 heterocycles. The summed E-state index contributed by atoms with van der Waals surface area (Å²) in [5, 5.41) is 13.2. The van der Waals surface area contributed by atoms with E-state index in [0.29, 0.717) is 5.15 Å². The largest absolute Gasteiger partial charge is 0.389 e. The number of nitrogens with zero attached hydrogens (tertiary/aromatic N) is 3. The quantitative estimate of drug-likeness (QED) is 0.911. The van der Waals surface area contributed by atoms with Crippen molar-refractivity contribution in [1.29, 1.82) is 0 Å². The molecule has 1 fully saturated rings. The number of hydrogen-bond donors (Lipinski definition) is 1. The molecule has 6 heteroatoms. The average molecular weight is 276 g/mol. The van der Waals surface area contributed by atoms with Crippen LogP contribution in [0.3, 0.4) is 0 Å². The molecule has 96 valence electrons. The van der Waals surface area contributed by atoms with Crippen molar-refractivity contribution in [1.82, 2.24) is 9.88 Å². The molecule has 0 spiro atoms. The molecule has 1 aromatic heterocycles. The zero-order chi connectivity index (χ0) is 12.5. The van der Waals surface area contributed by atoms with Crippen LogP contribution in [0.15, 0.2) is 5.38 Å². The molecule has 0 bridgehead atoms. The normalized spacial score (nSPS) is 18.7. The van der Waals surface area contributed by atoms with Crippen LogP contribution in [0.5, 0.6) is 0 Å². The van der Waals surface area contributed by atoms with Gasteiger partial charge >= 0.3 is 0 Å². The first kappa shape index (κ1) is 13.1. The van der Waals surface area contributed by atoms with Gasteiger partial charge in [0, 0.05) is 38.1 Å². The summed E-state index contributed by atoms with van der Waals surface area (Å²) in [6, 6.07) is 0. The summed E-state index contributed by atoms with van der Waals surface area (Å²) in [4.78, 5) is 8.81. The minimum absolute atomic E-state index is 0.573. The van der Waals surface area contributed by atoms with Crippen molar-refractivity contribution in [3.05, 3.63) is 10.5 Å². The third-order valence-corrected chi connectivity index (χ3v) is 3.94. The molecular formula is C11H18ClN3OS. The summed E-state index contributed by atoms with van der Waals surface area (Å²) in [5.41, 5.74) is -0.618. The zero-order valence-corrected chi connectivity index (χ0v) is 11.8. The van der Waals surface area contributed by atoms with Crippen molar-refractivity contribution in [3.8, 4) is 0 Å². The van der Waals surface area contributed by atoms with E-state index < -0.39 is 5.60 Å². The van der Waals surface area contributed by atoms with Crippen LogP contribution in [0.2, 0.25) is 5.15 Å². The van der Waals surface area contributed by atoms with Gasteiger partial charge in [-0.2, -0.15) is 0 Å². The number of halogens is 1. The lowest BCUT2D eigenvalue weighted by molar-refractivity contribution is 0.0345. The van der Waals surface area contributed by atoms with E-state index in [2.05, 4.69) is 14.8 Å². The number of anilines is 1. The van der Waals surface area contributed by atoms with Crippen LogP contribution in [0.25, 0.3) is 0 Å². The van der Waals surface area contributed by atoms with E-state index in [4.69, 9.17) is 11.6 Å². The third-order valence-electron chi connectivity index (χ3n) is 2.72. The van der Waals surface area contributed by atoms with E-state index in [1.54, 1.807) is 11.3 Å². The standard InChI is InChI=1S/C11H18ClN3OS/c1-11(2,16)8-14-3-5-15(6-4-14)10-13-9(12)7-17-10/h7,16H,3-6,8H2,1-2H3. The second-order valence-electron chi connectivity index (χ2n) is 5.03. The zero-order valence-electron chi connectivity index (χ0n) is 10.2. The van der Waals surface area contributed by atoms with Gasteiger partial charge in [0.15, 0.2) is 5.13 Å². The lowest BCUT2D eigenvalue weighted by Gasteiger charge is -2.37. The van der Waals surface area contributed by atoms with Gasteiger partial charge in [-0.3, -0.25) is 4.90 Å². The fraction of sp³-hybridized carbons (Fsp3) is 0.727. The van der Waals surface area contributed by atoms with Gasteiger partial charge in [-0.05, 0) is 13.8 Å². The number of rotatable bonds is 3. The Bertz CT molecular complexity index is 369. The Morgan fingerprint density at radius 2 is 2.06 bits per heavy atom. The molecular weight excluding hydrogens is 258 g/mol. The minimum atomic E-state index is -0.618. The Hall–Kier alpha value is -0.360. The first-order valence-corrected chi connectivity index (χ1v) is 7.00. The van der Waals surface area contributed by atoms with Crippen LogP contribution in [0.4, 0.5) is 5.13 Å². The van der Waals surface area contributed by atoms with Gasteiger partial charge in [-0.25, -0.2) is 4.98 Å². The predicted octanol–water partition coefficient (Wildman–Crippen LogP) is 1.69. The Labute approximate surface area is 111 Å². The highest BCUT2D eigenvalue weighted by Gasteiger charge is 2.23. The van der Waals surface area contributed by atoms with Crippen molar-refractivity contribution in [3.63, 3.8) is 0 Å². The highest BCUT2D eigenvalue weighted by molar-refractivity contribution is 7.14. The molecule has 0 unspecified atom stereocenters. The number of aromatic nitrogens is 1. The van der Waals surface area contributed by atoms with Crippen molar-refractivity contribution < 1.29 is 5.11 Å². The van der Waals surface area contributed by atoms with E-state index in [1.165, 1.54) is 0 Å². The number of thiazole rings is 1. The fourth-order valence-electron chi connectivity index (χ4n) is 2.04. The SMILES string of the molecule is CC(C)(O)CN1CCN(c2nc(Cl)cs2)CC1. The van der Waals surface area contributed by atoms with E-state index >= 15 is 0 Å². The monoisotopic (exact) mass is 275 g/mol. The van der Waals surface area contributed by atoms with E-state index in [1.807, 2.05) is 19.2 Å².